The van der Waals surface area contributed by atoms with Gasteiger partial charge in [0.2, 0.25) is 0 Å². The third-order valence-electron chi connectivity index (χ3n) is 5.85. The number of hydrogen-bond donors (Lipinski definition) is 2. The summed E-state index contributed by atoms with van der Waals surface area (Å²) < 4.78 is 34.5. The van der Waals surface area contributed by atoms with Crippen LogP contribution in [-0.2, 0) is 10.0 Å². The predicted molar refractivity (Wildman–Crippen MR) is 135 cm³/mol. The summed E-state index contributed by atoms with van der Waals surface area (Å²) in [5.74, 6) is 0.724. The fraction of sp³-hybridized carbons (Fsp3) is 0.308. The molecule has 174 valence electrons. The van der Waals surface area contributed by atoms with Gasteiger partial charge in [0.1, 0.15) is 5.75 Å². The van der Waals surface area contributed by atoms with Gasteiger partial charge in [-0.3, -0.25) is 4.72 Å². The van der Waals surface area contributed by atoms with Crippen molar-refractivity contribution in [1.29, 1.82) is 0 Å². The van der Waals surface area contributed by atoms with Crippen LogP contribution in [0.2, 0.25) is 0 Å². The molecule has 2 atom stereocenters. The molecule has 1 heterocycles. The molecular weight excluding hydrogens is 434 g/mol. The minimum absolute atomic E-state index is 0.223. The first-order chi connectivity index (χ1) is 15.7. The number of anilines is 2. The Morgan fingerprint density at radius 1 is 0.939 bits per heavy atom. The Morgan fingerprint density at radius 3 is 2.27 bits per heavy atom. The quantitative estimate of drug-likeness (QED) is 0.554. The van der Waals surface area contributed by atoms with Gasteiger partial charge in [-0.1, -0.05) is 42.0 Å². The molecule has 1 saturated heterocycles. The second-order valence-electron chi connectivity index (χ2n) is 8.76. The van der Waals surface area contributed by atoms with E-state index in [0.29, 0.717) is 17.8 Å². The lowest BCUT2D eigenvalue weighted by molar-refractivity contribution is 0.391. The molecule has 0 aromatic heterocycles. The molecule has 3 aromatic rings. The standard InChI is InChI=1S/C26H31N3O3S/c1-18-6-5-7-22(14-18)21-8-11-24(12-9-21)33(30,31)28-23-10-13-26(32-4)25(15-23)29-16-19(2)27-20(3)17-29/h5-15,19-20,27-28H,16-17H2,1-4H3/t19-,20+. The van der Waals surface area contributed by atoms with E-state index < -0.39 is 10.0 Å². The zero-order chi connectivity index (χ0) is 23.6. The number of rotatable bonds is 6. The van der Waals surface area contributed by atoms with Crippen molar-refractivity contribution in [2.24, 2.45) is 0 Å². The molecular formula is C26H31N3O3S. The molecule has 1 fully saturated rings. The molecule has 0 radical (unpaired) electrons. The van der Waals surface area contributed by atoms with Gasteiger partial charge >= 0.3 is 0 Å². The average Bonchev–Trinajstić information content (AvgIpc) is 2.78. The number of nitrogens with zero attached hydrogens (tertiary/aromatic N) is 1. The minimum atomic E-state index is -3.73. The van der Waals surface area contributed by atoms with E-state index in [1.807, 2.05) is 49.4 Å². The first kappa shape index (κ1) is 23.1. The summed E-state index contributed by atoms with van der Waals surface area (Å²) in [5.41, 5.74) is 4.59. The van der Waals surface area contributed by atoms with Gasteiger partial charge < -0.3 is 15.0 Å². The highest BCUT2D eigenvalue weighted by Gasteiger charge is 2.24. The maximum absolute atomic E-state index is 13.1. The van der Waals surface area contributed by atoms with Gasteiger partial charge in [-0.15, -0.1) is 0 Å². The number of hydrogen-bond acceptors (Lipinski definition) is 5. The Morgan fingerprint density at radius 2 is 1.64 bits per heavy atom. The lowest BCUT2D eigenvalue weighted by atomic mass is 10.0. The predicted octanol–water partition coefficient (Wildman–Crippen LogP) is 4.66. The van der Waals surface area contributed by atoms with E-state index in [1.165, 1.54) is 0 Å². The van der Waals surface area contributed by atoms with Crippen molar-refractivity contribution >= 4 is 21.4 Å². The molecule has 0 bridgehead atoms. The monoisotopic (exact) mass is 465 g/mol. The van der Waals surface area contributed by atoms with Gasteiger partial charge in [-0.25, -0.2) is 8.42 Å². The molecule has 0 unspecified atom stereocenters. The van der Waals surface area contributed by atoms with E-state index in [1.54, 1.807) is 25.3 Å². The van der Waals surface area contributed by atoms with Gasteiger partial charge in [0.15, 0.2) is 0 Å². The molecule has 4 rings (SSSR count). The fourth-order valence-corrected chi connectivity index (χ4v) is 5.44. The number of ether oxygens (including phenoxy) is 1. The van der Waals surface area contributed by atoms with E-state index in [2.05, 4.69) is 34.9 Å². The van der Waals surface area contributed by atoms with Crippen LogP contribution in [0.4, 0.5) is 11.4 Å². The van der Waals surface area contributed by atoms with Crippen LogP contribution in [0.3, 0.4) is 0 Å². The second-order valence-corrected chi connectivity index (χ2v) is 10.4. The molecule has 7 heteroatoms. The molecule has 3 aromatic carbocycles. The summed E-state index contributed by atoms with van der Waals surface area (Å²) in [4.78, 5) is 2.46. The van der Waals surface area contributed by atoms with Gasteiger partial charge in [0.05, 0.1) is 23.4 Å². The maximum Gasteiger partial charge on any atom is 0.261 e. The summed E-state index contributed by atoms with van der Waals surface area (Å²) in [5, 5.41) is 3.52. The molecule has 0 saturated carbocycles. The molecule has 2 N–H and O–H groups in total. The maximum atomic E-state index is 13.1. The van der Waals surface area contributed by atoms with Crippen LogP contribution in [0, 0.1) is 6.92 Å². The van der Waals surface area contributed by atoms with Crippen LogP contribution in [0.5, 0.6) is 5.75 Å². The van der Waals surface area contributed by atoms with Crippen molar-refractivity contribution in [2.45, 2.75) is 37.8 Å². The van der Waals surface area contributed by atoms with Crippen LogP contribution in [0.1, 0.15) is 19.4 Å². The summed E-state index contributed by atoms with van der Waals surface area (Å²) in [6, 6.07) is 21.1. The topological polar surface area (TPSA) is 70.7 Å². The van der Waals surface area contributed by atoms with E-state index in [4.69, 9.17) is 4.74 Å². The molecule has 0 amide bonds. The van der Waals surface area contributed by atoms with Gasteiger partial charge in [-0.05, 0) is 62.2 Å². The van der Waals surface area contributed by atoms with E-state index in [0.717, 1.165) is 41.2 Å². The molecule has 6 nitrogen and oxygen atoms in total. The molecule has 1 aliphatic heterocycles. The number of benzene rings is 3. The van der Waals surface area contributed by atoms with Crippen LogP contribution in [0.15, 0.2) is 71.6 Å². The van der Waals surface area contributed by atoms with Gasteiger partial charge in [-0.2, -0.15) is 0 Å². The third kappa shape index (κ3) is 5.31. The smallest absolute Gasteiger partial charge is 0.261 e. The number of piperazine rings is 1. The number of methoxy groups -OCH3 is 1. The Labute approximate surface area is 196 Å². The highest BCUT2D eigenvalue weighted by atomic mass is 32.2. The first-order valence-corrected chi connectivity index (χ1v) is 12.6. The Balaban J connectivity index is 1.58. The summed E-state index contributed by atoms with van der Waals surface area (Å²) in [6.45, 7) is 7.95. The summed E-state index contributed by atoms with van der Waals surface area (Å²) >= 11 is 0. The minimum Gasteiger partial charge on any atom is -0.495 e. The average molecular weight is 466 g/mol. The Hall–Kier alpha value is -3.03. The molecule has 33 heavy (non-hydrogen) atoms. The van der Waals surface area contributed by atoms with Crippen molar-refractivity contribution in [2.75, 3.05) is 29.8 Å². The number of aryl methyl sites for hydroxylation is 1. The number of sulfonamides is 1. The zero-order valence-electron chi connectivity index (χ0n) is 19.5. The Kier molecular flexibility index (Phi) is 6.63. The lowest BCUT2D eigenvalue weighted by Gasteiger charge is -2.38. The van der Waals surface area contributed by atoms with Crippen molar-refractivity contribution in [3.05, 3.63) is 72.3 Å². The van der Waals surface area contributed by atoms with Crippen LogP contribution < -0.4 is 19.7 Å². The lowest BCUT2D eigenvalue weighted by Crippen LogP contribution is -2.54. The Bertz CT molecular complexity index is 1220. The van der Waals surface area contributed by atoms with E-state index in [9.17, 15) is 8.42 Å². The molecule has 1 aliphatic rings. The highest BCUT2D eigenvalue weighted by molar-refractivity contribution is 7.92. The van der Waals surface area contributed by atoms with Crippen molar-refractivity contribution in [3.63, 3.8) is 0 Å². The highest BCUT2D eigenvalue weighted by Crippen LogP contribution is 2.33. The van der Waals surface area contributed by atoms with Gasteiger partial charge in [0.25, 0.3) is 10.0 Å². The van der Waals surface area contributed by atoms with E-state index in [-0.39, 0.29) is 4.90 Å². The third-order valence-corrected chi connectivity index (χ3v) is 7.24. The zero-order valence-corrected chi connectivity index (χ0v) is 20.3. The molecule has 0 aliphatic carbocycles. The van der Waals surface area contributed by atoms with Crippen molar-refractivity contribution in [3.8, 4) is 16.9 Å². The molecule has 0 spiro atoms. The van der Waals surface area contributed by atoms with Crippen molar-refractivity contribution in [1.82, 2.24) is 5.32 Å². The van der Waals surface area contributed by atoms with Crippen LogP contribution in [0.25, 0.3) is 11.1 Å². The van der Waals surface area contributed by atoms with E-state index >= 15 is 0 Å². The van der Waals surface area contributed by atoms with Crippen molar-refractivity contribution < 1.29 is 13.2 Å². The normalized spacial score (nSPS) is 18.7. The summed E-state index contributed by atoms with van der Waals surface area (Å²) in [6.07, 6.45) is 0. The SMILES string of the molecule is COc1ccc(NS(=O)(=O)c2ccc(-c3cccc(C)c3)cc2)cc1N1C[C@@H](C)N[C@@H](C)C1. The van der Waals surface area contributed by atoms with Crippen LogP contribution in [-0.4, -0.2) is 40.7 Å². The van der Waals surface area contributed by atoms with Gasteiger partial charge in [0, 0.05) is 25.2 Å². The second kappa shape index (κ2) is 9.45. The largest absolute Gasteiger partial charge is 0.495 e. The number of nitrogens with one attached hydrogen (secondary N) is 2. The summed E-state index contributed by atoms with van der Waals surface area (Å²) in [7, 11) is -2.10. The fourth-order valence-electron chi connectivity index (χ4n) is 4.39. The van der Waals surface area contributed by atoms with Crippen LogP contribution >= 0.6 is 0 Å². The first-order valence-electron chi connectivity index (χ1n) is 11.1.